The summed E-state index contributed by atoms with van der Waals surface area (Å²) in [6.07, 6.45) is 0.542. The number of rotatable bonds is 8. The summed E-state index contributed by atoms with van der Waals surface area (Å²) >= 11 is 0. The number of halogens is 1. The second kappa shape index (κ2) is 9.40. The Morgan fingerprint density at radius 3 is 2.38 bits per heavy atom. The number of H-pyrrole nitrogens is 1. The van der Waals surface area contributed by atoms with Gasteiger partial charge in [0.1, 0.15) is 6.61 Å². The van der Waals surface area contributed by atoms with Gasteiger partial charge < -0.3 is 4.74 Å². The number of esters is 1. The number of carbonyl (C=O) groups is 1. The smallest absolute Gasteiger partial charge is 0.329 e. The average molecular weight is 472 g/mol. The molecule has 0 saturated heterocycles. The summed E-state index contributed by atoms with van der Waals surface area (Å²) in [7, 11) is -4.37. The maximum Gasteiger partial charge on any atom is 0.329 e. The molecular weight excluding hydrogens is 451 g/mol. The lowest BCUT2D eigenvalue weighted by Gasteiger charge is -2.24. The lowest BCUT2D eigenvalue weighted by atomic mass is 9.97. The van der Waals surface area contributed by atoms with E-state index in [1.165, 1.54) is 0 Å². The molecule has 12 nitrogen and oxygen atoms in total. The van der Waals surface area contributed by atoms with Gasteiger partial charge in [0.05, 0.1) is 34.6 Å². The van der Waals surface area contributed by atoms with Crippen molar-refractivity contribution >= 4 is 21.7 Å². The molecule has 0 atom stereocenters. The summed E-state index contributed by atoms with van der Waals surface area (Å²) in [6, 6.07) is 3.96. The number of nitrogens with one attached hydrogen (secondary N) is 1. The first-order valence-corrected chi connectivity index (χ1v) is 10.6. The molecule has 1 heterocycles. The number of nitro benzene ring substituents is 1. The van der Waals surface area contributed by atoms with Gasteiger partial charge in [-0.05, 0) is 32.9 Å². The van der Waals surface area contributed by atoms with E-state index >= 15 is 0 Å². The predicted octanol–water partition coefficient (Wildman–Crippen LogP) is 0.822. The molecule has 0 aliphatic heterocycles. The summed E-state index contributed by atoms with van der Waals surface area (Å²) in [5, 5.41) is 10.8. The highest BCUT2D eigenvalue weighted by Gasteiger charge is 2.28. The molecule has 0 aliphatic rings. The van der Waals surface area contributed by atoms with E-state index in [9.17, 15) is 37.3 Å². The highest BCUT2D eigenvalue weighted by molar-refractivity contribution is 7.89. The zero-order chi connectivity index (χ0) is 24.3. The van der Waals surface area contributed by atoms with Crippen molar-refractivity contribution in [1.82, 2.24) is 13.9 Å². The number of hydrogen-bond acceptors (Lipinski definition) is 8. The molecule has 0 aliphatic carbocycles. The van der Waals surface area contributed by atoms with E-state index in [0.29, 0.717) is 15.1 Å². The standard InChI is InChI=1S/C18H21FN4O8S/c1-18(2,3)16(25)31-9-8-22(11-21-10-14(19)15(24)20-17(21)26)32(29,30)13-6-4-12(5-7-13)23(27)28/h4-7,10H,8-9,11H2,1-3H3,(H,20,24,26). The number of nitrogens with zero attached hydrogens (tertiary/aromatic N) is 3. The van der Waals surface area contributed by atoms with Crippen molar-refractivity contribution in [2.45, 2.75) is 32.3 Å². The summed E-state index contributed by atoms with van der Waals surface area (Å²) in [6.45, 7) is 3.27. The first-order valence-electron chi connectivity index (χ1n) is 9.14. The van der Waals surface area contributed by atoms with Gasteiger partial charge in [0.15, 0.2) is 0 Å². The molecule has 2 rings (SSSR count). The van der Waals surface area contributed by atoms with Crippen LogP contribution in [0.4, 0.5) is 10.1 Å². The van der Waals surface area contributed by atoms with Gasteiger partial charge in [-0.3, -0.25) is 29.3 Å². The van der Waals surface area contributed by atoms with Crippen LogP contribution in [0.1, 0.15) is 20.8 Å². The van der Waals surface area contributed by atoms with Crippen LogP contribution in [-0.4, -0.2) is 46.3 Å². The normalized spacial score (nSPS) is 12.0. The van der Waals surface area contributed by atoms with E-state index in [-0.39, 0.29) is 17.2 Å². The van der Waals surface area contributed by atoms with Crippen molar-refractivity contribution in [3.63, 3.8) is 0 Å². The van der Waals surface area contributed by atoms with Crippen molar-refractivity contribution < 1.29 is 27.3 Å². The van der Waals surface area contributed by atoms with Crippen molar-refractivity contribution in [2.75, 3.05) is 13.2 Å². The Balaban J connectivity index is 2.39. The Bertz CT molecular complexity index is 1230. The van der Waals surface area contributed by atoms with Crippen LogP contribution in [-0.2, 0) is 26.2 Å². The van der Waals surface area contributed by atoms with Gasteiger partial charge in [-0.1, -0.05) is 0 Å². The van der Waals surface area contributed by atoms with E-state index < -0.39 is 56.6 Å². The SMILES string of the molecule is CC(C)(C)C(=O)OCCN(Cn1cc(F)c(=O)[nH]c1=O)S(=O)(=O)c1ccc([N+](=O)[O-])cc1. The maximum atomic E-state index is 13.6. The lowest BCUT2D eigenvalue weighted by Crippen LogP contribution is -2.41. The zero-order valence-electron chi connectivity index (χ0n) is 17.4. The number of aromatic amines is 1. The van der Waals surface area contributed by atoms with Crippen LogP contribution in [0, 0.1) is 21.3 Å². The van der Waals surface area contributed by atoms with Gasteiger partial charge >= 0.3 is 11.7 Å². The largest absolute Gasteiger partial charge is 0.464 e. The molecule has 1 aromatic carbocycles. The van der Waals surface area contributed by atoms with Gasteiger partial charge in [-0.2, -0.15) is 8.70 Å². The number of nitro groups is 1. The summed E-state index contributed by atoms with van der Waals surface area (Å²) in [5.41, 5.74) is -3.52. The van der Waals surface area contributed by atoms with Crippen molar-refractivity contribution in [1.29, 1.82) is 0 Å². The second-order valence-corrected chi connectivity index (χ2v) is 9.60. The molecule has 1 N–H and O–H groups in total. The van der Waals surface area contributed by atoms with E-state index in [2.05, 4.69) is 0 Å². The number of hydrogen-bond donors (Lipinski definition) is 1. The Hall–Kier alpha value is -3.39. The van der Waals surface area contributed by atoms with Crippen molar-refractivity contribution in [3.05, 3.63) is 67.2 Å². The Morgan fingerprint density at radius 1 is 1.25 bits per heavy atom. The quantitative estimate of drug-likeness (QED) is 0.335. The van der Waals surface area contributed by atoms with Crippen LogP contribution >= 0.6 is 0 Å². The summed E-state index contributed by atoms with van der Waals surface area (Å²) < 4.78 is 46.2. The average Bonchev–Trinajstić information content (AvgIpc) is 2.70. The van der Waals surface area contributed by atoms with Crippen LogP contribution in [0.15, 0.2) is 44.9 Å². The topological polar surface area (TPSA) is 162 Å². The first kappa shape index (κ1) is 24.9. The molecule has 0 bridgehead atoms. The third-order valence-electron chi connectivity index (χ3n) is 4.15. The summed E-state index contributed by atoms with van der Waals surface area (Å²) in [4.78, 5) is 46.7. The second-order valence-electron chi connectivity index (χ2n) is 7.66. The van der Waals surface area contributed by atoms with Crippen LogP contribution < -0.4 is 11.2 Å². The van der Waals surface area contributed by atoms with Gasteiger partial charge in [-0.25, -0.2) is 13.2 Å². The number of carbonyl (C=O) groups excluding carboxylic acids is 1. The Morgan fingerprint density at radius 2 is 1.84 bits per heavy atom. The number of benzene rings is 1. The van der Waals surface area contributed by atoms with E-state index in [0.717, 1.165) is 24.3 Å². The van der Waals surface area contributed by atoms with Gasteiger partial charge in [0, 0.05) is 12.1 Å². The third kappa shape index (κ3) is 5.85. The number of ether oxygens (including phenoxy) is 1. The van der Waals surface area contributed by atoms with Crippen LogP contribution in [0.25, 0.3) is 0 Å². The van der Waals surface area contributed by atoms with Gasteiger partial charge in [0.2, 0.25) is 15.8 Å². The first-order chi connectivity index (χ1) is 14.7. The molecule has 1 aromatic heterocycles. The van der Waals surface area contributed by atoms with E-state index in [1.807, 2.05) is 0 Å². The fraction of sp³-hybridized carbons (Fsp3) is 0.389. The molecule has 2 aromatic rings. The van der Waals surface area contributed by atoms with Crippen molar-refractivity contribution in [2.24, 2.45) is 5.41 Å². The maximum absolute atomic E-state index is 13.6. The molecule has 14 heteroatoms. The number of non-ortho nitro benzene ring substituents is 1. The molecule has 174 valence electrons. The highest BCUT2D eigenvalue weighted by Crippen LogP contribution is 2.20. The van der Waals surface area contributed by atoms with Crippen LogP contribution in [0.5, 0.6) is 0 Å². The Labute approximate surface area is 181 Å². The zero-order valence-corrected chi connectivity index (χ0v) is 18.2. The fourth-order valence-corrected chi connectivity index (χ4v) is 3.74. The monoisotopic (exact) mass is 472 g/mol. The summed E-state index contributed by atoms with van der Waals surface area (Å²) in [5.74, 6) is -1.91. The minimum absolute atomic E-state index is 0.339. The number of sulfonamides is 1. The van der Waals surface area contributed by atoms with Gasteiger partial charge in [0.25, 0.3) is 11.2 Å². The highest BCUT2D eigenvalue weighted by atomic mass is 32.2. The molecular formula is C18H21FN4O8S. The molecule has 0 radical (unpaired) electrons. The lowest BCUT2D eigenvalue weighted by molar-refractivity contribution is -0.384. The number of aromatic nitrogens is 2. The van der Waals surface area contributed by atoms with Gasteiger partial charge in [-0.15, -0.1) is 0 Å². The molecule has 0 saturated carbocycles. The fourth-order valence-electron chi connectivity index (χ4n) is 2.37. The third-order valence-corrected chi connectivity index (χ3v) is 5.99. The van der Waals surface area contributed by atoms with E-state index in [1.54, 1.807) is 25.8 Å². The van der Waals surface area contributed by atoms with E-state index in [4.69, 9.17) is 4.74 Å². The predicted molar refractivity (Wildman–Crippen MR) is 109 cm³/mol. The molecule has 0 unspecified atom stereocenters. The Kier molecular flexibility index (Phi) is 7.31. The molecule has 0 fully saturated rings. The van der Waals surface area contributed by atoms with Crippen molar-refractivity contribution in [3.8, 4) is 0 Å². The molecule has 0 spiro atoms. The minimum atomic E-state index is -4.37. The molecule has 0 amide bonds. The minimum Gasteiger partial charge on any atom is -0.464 e. The van der Waals surface area contributed by atoms with Crippen LogP contribution in [0.3, 0.4) is 0 Å². The van der Waals surface area contributed by atoms with Crippen LogP contribution in [0.2, 0.25) is 0 Å². The molecule has 32 heavy (non-hydrogen) atoms.